The number of carbonyl (C=O) groups is 1. The first-order valence-electron chi connectivity index (χ1n) is 12.7. The zero-order valence-corrected chi connectivity index (χ0v) is 22.9. The van der Waals surface area contributed by atoms with E-state index in [4.69, 9.17) is 23.7 Å². The van der Waals surface area contributed by atoms with E-state index >= 15 is 0 Å². The zero-order chi connectivity index (χ0) is 27.3. The predicted octanol–water partition coefficient (Wildman–Crippen LogP) is 5.76. The molecule has 0 spiro atoms. The molecule has 0 saturated carbocycles. The van der Waals surface area contributed by atoms with Crippen molar-refractivity contribution in [1.82, 2.24) is 10.3 Å². The molecule has 2 aliphatic carbocycles. The highest BCUT2D eigenvalue weighted by Crippen LogP contribution is 2.49. The van der Waals surface area contributed by atoms with Crippen LogP contribution in [0.5, 0.6) is 17.2 Å². The van der Waals surface area contributed by atoms with Gasteiger partial charge in [-0.3, -0.25) is 4.98 Å². The Labute approximate surface area is 224 Å². The molecular formula is C30H36N2O6. The van der Waals surface area contributed by atoms with Gasteiger partial charge in [0.05, 0.1) is 33.1 Å². The number of nitrogens with zero attached hydrogens (tertiary/aromatic N) is 1. The predicted molar refractivity (Wildman–Crippen MR) is 145 cm³/mol. The van der Waals surface area contributed by atoms with Gasteiger partial charge in [-0.1, -0.05) is 18.2 Å². The summed E-state index contributed by atoms with van der Waals surface area (Å²) in [4.78, 5) is 17.0. The molecule has 8 heteroatoms. The van der Waals surface area contributed by atoms with Gasteiger partial charge in [-0.05, 0) is 68.5 Å². The number of benzene rings is 1. The normalized spacial score (nSPS) is 16.8. The van der Waals surface area contributed by atoms with Crippen LogP contribution in [-0.2, 0) is 22.5 Å². The number of hydrogen-bond donors (Lipinski definition) is 1. The molecule has 1 amide bonds. The molecule has 38 heavy (non-hydrogen) atoms. The van der Waals surface area contributed by atoms with Gasteiger partial charge in [-0.15, -0.1) is 0 Å². The first kappa shape index (κ1) is 27.1. The fraction of sp³-hybridized carbons (Fsp3) is 0.400. The third-order valence-electron chi connectivity index (χ3n) is 6.38. The van der Waals surface area contributed by atoms with Crippen molar-refractivity contribution in [3.63, 3.8) is 0 Å². The molecule has 202 valence electrons. The maximum Gasteiger partial charge on any atom is 0.408 e. The van der Waals surface area contributed by atoms with Crippen LogP contribution >= 0.6 is 0 Å². The Morgan fingerprint density at radius 2 is 1.92 bits per heavy atom. The standard InChI is InChI=1S/C30H36N2O6/c1-30(2,3)38-29(33)32-24-14-9-20-16-25(35-5)27(36-6)28(37-18-19-8-7-15-31-17-19)26(20)23-13-11-21(34-4)10-12-22(23)24/h7-8,11-13,15-17,24H,9-10,14,18H2,1-6H3,(H,32,33). The van der Waals surface area contributed by atoms with Gasteiger partial charge in [0.15, 0.2) is 11.5 Å². The fourth-order valence-corrected chi connectivity index (χ4v) is 4.71. The summed E-state index contributed by atoms with van der Waals surface area (Å²) in [5.41, 5.74) is 4.15. The van der Waals surface area contributed by atoms with Gasteiger partial charge >= 0.3 is 6.09 Å². The average molecular weight is 521 g/mol. The molecule has 0 fully saturated rings. The van der Waals surface area contributed by atoms with E-state index in [-0.39, 0.29) is 6.04 Å². The highest BCUT2D eigenvalue weighted by molar-refractivity contribution is 5.90. The second kappa shape index (κ2) is 11.6. The third kappa shape index (κ3) is 6.13. The summed E-state index contributed by atoms with van der Waals surface area (Å²) in [5, 5.41) is 3.10. The Bertz CT molecular complexity index is 1260. The molecule has 1 heterocycles. The Morgan fingerprint density at radius 3 is 2.58 bits per heavy atom. The van der Waals surface area contributed by atoms with E-state index in [1.807, 2.05) is 51.1 Å². The molecule has 4 rings (SSSR count). The minimum absolute atomic E-state index is 0.281. The van der Waals surface area contributed by atoms with Gasteiger partial charge in [0.2, 0.25) is 5.75 Å². The van der Waals surface area contributed by atoms with E-state index in [0.717, 1.165) is 33.6 Å². The summed E-state index contributed by atoms with van der Waals surface area (Å²) in [6.07, 6.45) is 11.1. The van der Waals surface area contributed by atoms with Crippen molar-refractivity contribution in [2.24, 2.45) is 0 Å². The summed E-state index contributed by atoms with van der Waals surface area (Å²) in [6, 6.07) is 5.55. The van der Waals surface area contributed by atoms with Crippen molar-refractivity contribution in [2.75, 3.05) is 21.3 Å². The summed E-state index contributed by atoms with van der Waals surface area (Å²) in [7, 11) is 4.87. The van der Waals surface area contributed by atoms with Gasteiger partial charge in [0, 0.05) is 29.9 Å². The van der Waals surface area contributed by atoms with Crippen molar-refractivity contribution < 1.29 is 28.5 Å². The van der Waals surface area contributed by atoms with Gasteiger partial charge < -0.3 is 29.0 Å². The molecule has 1 aromatic heterocycles. The number of fused-ring (bicyclic) bond motifs is 3. The van der Waals surface area contributed by atoms with Crippen LogP contribution in [0.1, 0.15) is 50.3 Å². The quantitative estimate of drug-likeness (QED) is 0.496. The lowest BCUT2D eigenvalue weighted by Crippen LogP contribution is -2.40. The first-order chi connectivity index (χ1) is 18.2. The van der Waals surface area contributed by atoms with Gasteiger partial charge in [-0.25, -0.2) is 4.79 Å². The summed E-state index contributed by atoms with van der Waals surface area (Å²) < 4.78 is 29.1. The van der Waals surface area contributed by atoms with E-state index in [1.165, 1.54) is 0 Å². The highest BCUT2D eigenvalue weighted by atomic mass is 16.6. The number of aryl methyl sites for hydroxylation is 1. The number of rotatable bonds is 7. The maximum atomic E-state index is 12.8. The molecule has 1 unspecified atom stereocenters. The molecule has 1 aromatic carbocycles. The molecule has 0 aliphatic heterocycles. The van der Waals surface area contributed by atoms with Crippen LogP contribution in [0.4, 0.5) is 4.79 Å². The van der Waals surface area contributed by atoms with Crippen LogP contribution in [0, 0.1) is 0 Å². The number of amides is 1. The maximum absolute atomic E-state index is 12.8. The number of alkyl carbamates (subject to hydrolysis) is 1. The lowest BCUT2D eigenvalue weighted by atomic mass is 9.91. The summed E-state index contributed by atoms with van der Waals surface area (Å²) in [6.45, 7) is 5.86. The zero-order valence-electron chi connectivity index (χ0n) is 22.9. The minimum atomic E-state index is -0.604. The largest absolute Gasteiger partial charge is 0.501 e. The lowest BCUT2D eigenvalue weighted by molar-refractivity contribution is 0.0511. The monoisotopic (exact) mass is 520 g/mol. The Balaban J connectivity index is 1.83. The molecule has 1 N–H and O–H groups in total. The minimum Gasteiger partial charge on any atom is -0.501 e. The summed E-state index contributed by atoms with van der Waals surface area (Å²) in [5.74, 6) is 2.48. The van der Waals surface area contributed by atoms with Gasteiger partial charge in [0.25, 0.3) is 0 Å². The van der Waals surface area contributed by atoms with E-state index in [9.17, 15) is 4.79 Å². The highest BCUT2D eigenvalue weighted by Gasteiger charge is 2.33. The van der Waals surface area contributed by atoms with Gasteiger partial charge in [-0.2, -0.15) is 0 Å². The number of aromatic nitrogens is 1. The number of carbonyl (C=O) groups excluding carboxylic acids is 1. The Hall–Kier alpha value is -3.94. The lowest BCUT2D eigenvalue weighted by Gasteiger charge is -2.25. The van der Waals surface area contributed by atoms with Crippen LogP contribution in [0.25, 0.3) is 5.57 Å². The number of nitrogens with one attached hydrogen (secondary N) is 1. The second-order valence-electron chi connectivity index (χ2n) is 10.1. The van der Waals surface area contributed by atoms with Crippen molar-refractivity contribution in [3.8, 4) is 17.2 Å². The van der Waals surface area contributed by atoms with E-state index in [0.29, 0.717) is 43.1 Å². The molecule has 0 radical (unpaired) electrons. The topological polar surface area (TPSA) is 88.1 Å². The smallest absolute Gasteiger partial charge is 0.408 e. The van der Waals surface area contributed by atoms with Crippen molar-refractivity contribution in [1.29, 1.82) is 0 Å². The van der Waals surface area contributed by atoms with Crippen molar-refractivity contribution >= 4 is 11.7 Å². The SMILES string of the molecule is COC1=CC=C2C(=CC1)C(NC(=O)OC(C)(C)C)CCc1cc(OC)c(OC)c(OCc3cccnc3)c12. The first-order valence-corrected chi connectivity index (χ1v) is 12.7. The number of allylic oxidation sites excluding steroid dienone is 3. The number of pyridine rings is 1. The van der Waals surface area contributed by atoms with E-state index < -0.39 is 11.7 Å². The van der Waals surface area contributed by atoms with Crippen LogP contribution in [0.3, 0.4) is 0 Å². The summed E-state index contributed by atoms with van der Waals surface area (Å²) >= 11 is 0. The van der Waals surface area contributed by atoms with Crippen LogP contribution in [0.15, 0.2) is 60.2 Å². The molecule has 0 bridgehead atoms. The molecule has 2 aliphatic rings. The van der Waals surface area contributed by atoms with Gasteiger partial charge in [0.1, 0.15) is 12.2 Å². The molecular weight excluding hydrogens is 484 g/mol. The molecule has 2 aromatic rings. The average Bonchev–Trinajstić information content (AvgIpc) is 3.18. The molecule has 8 nitrogen and oxygen atoms in total. The Morgan fingerprint density at radius 1 is 1.11 bits per heavy atom. The number of hydrogen-bond acceptors (Lipinski definition) is 7. The van der Waals surface area contributed by atoms with Crippen molar-refractivity contribution in [2.45, 2.75) is 58.3 Å². The van der Waals surface area contributed by atoms with Crippen LogP contribution in [-0.4, -0.2) is 44.0 Å². The van der Waals surface area contributed by atoms with Crippen molar-refractivity contribution in [3.05, 3.63) is 76.8 Å². The van der Waals surface area contributed by atoms with E-state index in [1.54, 1.807) is 33.7 Å². The fourth-order valence-electron chi connectivity index (χ4n) is 4.71. The number of ether oxygens (including phenoxy) is 5. The van der Waals surface area contributed by atoms with E-state index in [2.05, 4.69) is 16.4 Å². The molecule has 0 saturated heterocycles. The second-order valence-corrected chi connectivity index (χ2v) is 10.1. The Kier molecular flexibility index (Phi) is 8.29. The van der Waals surface area contributed by atoms with Crippen LogP contribution < -0.4 is 19.5 Å². The number of methoxy groups -OCH3 is 3. The van der Waals surface area contributed by atoms with Crippen LogP contribution in [0.2, 0.25) is 0 Å². The molecule has 1 atom stereocenters. The third-order valence-corrected chi connectivity index (χ3v) is 6.38.